The van der Waals surface area contributed by atoms with Crippen LogP contribution in [0.3, 0.4) is 0 Å². The number of carbonyl (C=O) groups excluding carboxylic acids is 2. The molecule has 1 aliphatic heterocycles. The number of halogens is 3. The average Bonchev–Trinajstić information content (AvgIpc) is 2.76. The van der Waals surface area contributed by atoms with E-state index in [0.29, 0.717) is 45.4 Å². The highest BCUT2D eigenvalue weighted by molar-refractivity contribution is 5.94. The van der Waals surface area contributed by atoms with Crippen molar-refractivity contribution in [2.45, 2.75) is 31.7 Å². The molecule has 0 aromatic heterocycles. The number of hydrogen-bond acceptors (Lipinski definition) is 3. The van der Waals surface area contributed by atoms with Crippen LogP contribution >= 0.6 is 0 Å². The minimum Gasteiger partial charge on any atom is -0.494 e. The maximum absolute atomic E-state index is 13.8. The molecular formula is C22H23F3N2O3. The van der Waals surface area contributed by atoms with Crippen LogP contribution in [0.15, 0.2) is 42.5 Å². The highest BCUT2D eigenvalue weighted by Gasteiger charge is 2.26. The molecule has 1 heterocycles. The van der Waals surface area contributed by atoms with Crippen LogP contribution < -0.4 is 10.1 Å². The summed E-state index contributed by atoms with van der Waals surface area (Å²) in [5.41, 5.74) is -0.536. The van der Waals surface area contributed by atoms with E-state index in [1.165, 1.54) is 0 Å². The Morgan fingerprint density at radius 1 is 1.00 bits per heavy atom. The first-order valence-corrected chi connectivity index (χ1v) is 9.85. The van der Waals surface area contributed by atoms with Gasteiger partial charge in [0.2, 0.25) is 5.91 Å². The van der Waals surface area contributed by atoms with Gasteiger partial charge >= 0.3 is 0 Å². The van der Waals surface area contributed by atoms with Crippen molar-refractivity contribution < 1.29 is 27.5 Å². The third-order valence-electron chi connectivity index (χ3n) is 5.01. The van der Waals surface area contributed by atoms with Crippen molar-refractivity contribution in [2.24, 2.45) is 0 Å². The lowest BCUT2D eigenvalue weighted by Gasteiger charge is -2.32. The smallest absolute Gasteiger partial charge is 0.254 e. The van der Waals surface area contributed by atoms with E-state index in [9.17, 15) is 22.8 Å². The van der Waals surface area contributed by atoms with Gasteiger partial charge in [0.15, 0.2) is 17.5 Å². The molecule has 30 heavy (non-hydrogen) atoms. The van der Waals surface area contributed by atoms with Gasteiger partial charge in [-0.3, -0.25) is 9.59 Å². The van der Waals surface area contributed by atoms with Gasteiger partial charge in [-0.1, -0.05) is 18.2 Å². The summed E-state index contributed by atoms with van der Waals surface area (Å²) in [7, 11) is 0. The van der Waals surface area contributed by atoms with Crippen LogP contribution in [0.5, 0.6) is 5.75 Å². The molecule has 0 aliphatic carbocycles. The number of piperidine rings is 1. The van der Waals surface area contributed by atoms with Crippen molar-refractivity contribution in [1.29, 1.82) is 0 Å². The molecule has 3 rings (SSSR count). The molecule has 1 fully saturated rings. The lowest BCUT2D eigenvalue weighted by Crippen LogP contribution is -2.46. The first-order valence-electron chi connectivity index (χ1n) is 9.85. The Labute approximate surface area is 172 Å². The molecule has 2 aromatic rings. The fourth-order valence-electron chi connectivity index (χ4n) is 3.33. The van der Waals surface area contributed by atoms with Gasteiger partial charge < -0.3 is 15.0 Å². The van der Waals surface area contributed by atoms with Crippen LogP contribution in [0.2, 0.25) is 0 Å². The topological polar surface area (TPSA) is 58.6 Å². The fourth-order valence-corrected chi connectivity index (χ4v) is 3.33. The number of likely N-dealkylation sites (tertiary alicyclic amines) is 1. The molecule has 1 saturated heterocycles. The third-order valence-corrected chi connectivity index (χ3v) is 5.01. The van der Waals surface area contributed by atoms with Gasteiger partial charge in [-0.05, 0) is 43.5 Å². The second-order valence-electron chi connectivity index (χ2n) is 7.12. The van der Waals surface area contributed by atoms with Crippen molar-refractivity contribution in [1.82, 2.24) is 10.2 Å². The lowest BCUT2D eigenvalue weighted by molar-refractivity contribution is -0.132. The zero-order valence-electron chi connectivity index (χ0n) is 16.4. The number of carbonyl (C=O) groups is 2. The quantitative estimate of drug-likeness (QED) is 0.549. The first-order chi connectivity index (χ1) is 14.5. The van der Waals surface area contributed by atoms with Crippen LogP contribution in [0.4, 0.5) is 13.2 Å². The first kappa shape index (κ1) is 21.7. The molecule has 5 nitrogen and oxygen atoms in total. The van der Waals surface area contributed by atoms with Gasteiger partial charge in [0.05, 0.1) is 12.2 Å². The minimum atomic E-state index is -1.67. The normalized spacial score (nSPS) is 14.4. The molecule has 0 radical (unpaired) electrons. The van der Waals surface area contributed by atoms with Gasteiger partial charge in [0.25, 0.3) is 5.91 Å². The second-order valence-corrected chi connectivity index (χ2v) is 7.12. The maximum Gasteiger partial charge on any atom is 0.254 e. The standard InChI is InChI=1S/C22H23F3N2O3/c23-18-9-8-17(20(24)21(18)25)22(29)26-15-10-12-27(13-11-15)19(28)7-4-14-30-16-5-2-1-3-6-16/h1-3,5-6,8-9,15H,4,7,10-14H2,(H,26,29). The van der Waals surface area contributed by atoms with Crippen LogP contribution in [0, 0.1) is 17.5 Å². The van der Waals surface area contributed by atoms with E-state index in [2.05, 4.69) is 5.32 Å². The number of rotatable bonds is 7. The summed E-state index contributed by atoms with van der Waals surface area (Å²) in [6.07, 6.45) is 1.97. The summed E-state index contributed by atoms with van der Waals surface area (Å²) in [5, 5.41) is 2.63. The zero-order chi connectivity index (χ0) is 21.5. The highest BCUT2D eigenvalue weighted by Crippen LogP contribution is 2.17. The Balaban J connectivity index is 1.39. The molecule has 0 bridgehead atoms. The Kier molecular flexibility index (Phi) is 7.32. The predicted octanol–water partition coefficient (Wildman–Crippen LogP) is 3.68. The molecule has 0 saturated carbocycles. The number of benzene rings is 2. The van der Waals surface area contributed by atoms with E-state index in [1.807, 2.05) is 30.3 Å². The van der Waals surface area contributed by atoms with Gasteiger partial charge in [-0.15, -0.1) is 0 Å². The van der Waals surface area contributed by atoms with Crippen molar-refractivity contribution in [3.63, 3.8) is 0 Å². The highest BCUT2D eigenvalue weighted by atomic mass is 19.2. The maximum atomic E-state index is 13.8. The molecule has 160 valence electrons. The number of nitrogens with one attached hydrogen (secondary N) is 1. The van der Waals surface area contributed by atoms with E-state index < -0.39 is 28.9 Å². The molecule has 0 spiro atoms. The van der Waals surface area contributed by atoms with E-state index >= 15 is 0 Å². The number of nitrogens with zero attached hydrogens (tertiary/aromatic N) is 1. The molecule has 2 amide bonds. The third kappa shape index (κ3) is 5.52. The van der Waals surface area contributed by atoms with Gasteiger partial charge in [0.1, 0.15) is 5.75 Å². The average molecular weight is 420 g/mol. The Morgan fingerprint density at radius 2 is 1.70 bits per heavy atom. The van der Waals surface area contributed by atoms with E-state index in [4.69, 9.17) is 4.74 Å². The summed E-state index contributed by atoms with van der Waals surface area (Å²) in [6.45, 7) is 1.37. The van der Waals surface area contributed by atoms with E-state index in [-0.39, 0.29) is 11.9 Å². The minimum absolute atomic E-state index is 0.0167. The van der Waals surface area contributed by atoms with Crippen LogP contribution in [0.1, 0.15) is 36.0 Å². The van der Waals surface area contributed by atoms with Crippen molar-refractivity contribution >= 4 is 11.8 Å². The monoisotopic (exact) mass is 420 g/mol. The zero-order valence-corrected chi connectivity index (χ0v) is 16.4. The van der Waals surface area contributed by atoms with Gasteiger partial charge in [-0.2, -0.15) is 0 Å². The Bertz CT molecular complexity index is 885. The molecule has 8 heteroatoms. The van der Waals surface area contributed by atoms with Crippen LogP contribution in [0.25, 0.3) is 0 Å². The lowest BCUT2D eigenvalue weighted by atomic mass is 10.0. The van der Waals surface area contributed by atoms with Crippen LogP contribution in [-0.2, 0) is 4.79 Å². The van der Waals surface area contributed by atoms with Crippen molar-refractivity contribution in [3.05, 3.63) is 65.5 Å². The number of ether oxygens (including phenoxy) is 1. The Morgan fingerprint density at radius 3 is 2.40 bits per heavy atom. The van der Waals surface area contributed by atoms with Gasteiger partial charge in [-0.25, -0.2) is 13.2 Å². The van der Waals surface area contributed by atoms with Gasteiger partial charge in [0, 0.05) is 25.6 Å². The van der Waals surface area contributed by atoms with Crippen molar-refractivity contribution in [3.8, 4) is 5.75 Å². The number of para-hydroxylation sites is 1. The van der Waals surface area contributed by atoms with E-state index in [1.54, 1.807) is 4.90 Å². The molecule has 0 atom stereocenters. The molecular weight excluding hydrogens is 397 g/mol. The summed E-state index contributed by atoms with van der Waals surface area (Å²) in [6, 6.07) is 10.7. The largest absolute Gasteiger partial charge is 0.494 e. The second kappa shape index (κ2) is 10.1. The summed E-state index contributed by atoms with van der Waals surface area (Å²) >= 11 is 0. The molecule has 1 N–H and O–H groups in total. The Hall–Kier alpha value is -3.03. The summed E-state index contributed by atoms with van der Waals surface area (Å²) in [5.74, 6) is -4.53. The predicted molar refractivity (Wildman–Crippen MR) is 105 cm³/mol. The number of hydrogen-bond donors (Lipinski definition) is 1. The van der Waals surface area contributed by atoms with Crippen molar-refractivity contribution in [2.75, 3.05) is 19.7 Å². The SMILES string of the molecule is O=C(NC1CCN(C(=O)CCCOc2ccccc2)CC1)c1ccc(F)c(F)c1F. The van der Waals surface area contributed by atoms with E-state index in [0.717, 1.165) is 17.9 Å². The molecule has 0 unspecified atom stereocenters. The fraction of sp³-hybridized carbons (Fsp3) is 0.364. The number of amides is 2. The summed E-state index contributed by atoms with van der Waals surface area (Å²) in [4.78, 5) is 26.2. The summed E-state index contributed by atoms with van der Waals surface area (Å²) < 4.78 is 45.6. The molecule has 2 aromatic carbocycles. The molecule has 1 aliphatic rings. The van der Waals surface area contributed by atoms with Crippen LogP contribution in [-0.4, -0.2) is 42.5 Å².